The monoisotopic (exact) mass is 271 g/mol. The zero-order valence-corrected chi connectivity index (χ0v) is 12.2. The Hall–Kier alpha value is -1.44. The van der Waals surface area contributed by atoms with Gasteiger partial charge in [0, 0.05) is 38.2 Å². The summed E-state index contributed by atoms with van der Waals surface area (Å²) in [5.41, 5.74) is 1.38. The van der Waals surface area contributed by atoms with Crippen molar-refractivity contribution in [2.24, 2.45) is 11.8 Å². The standard InChI is InChI=1S/C16H21N3O/c1-19-10-13-4-3-5-14(11-19)16(13,20-2)12-6-7-18-15(8-12)9-17/h6-8,13-14H,3-5,10-11H2,1-2H3. The van der Waals surface area contributed by atoms with E-state index in [-0.39, 0.29) is 5.60 Å². The molecule has 0 N–H and O–H groups in total. The van der Waals surface area contributed by atoms with E-state index in [2.05, 4.69) is 23.0 Å². The second-order valence-electron chi connectivity index (χ2n) is 6.08. The van der Waals surface area contributed by atoms with E-state index < -0.39 is 0 Å². The topological polar surface area (TPSA) is 49.1 Å². The summed E-state index contributed by atoms with van der Waals surface area (Å²) in [6.07, 6.45) is 5.41. The number of likely N-dealkylation sites (tertiary alicyclic amines) is 1. The summed E-state index contributed by atoms with van der Waals surface area (Å²) in [6, 6.07) is 6.09. The van der Waals surface area contributed by atoms with Crippen molar-refractivity contribution in [3.63, 3.8) is 0 Å². The molecule has 4 heteroatoms. The van der Waals surface area contributed by atoms with E-state index in [1.165, 1.54) is 19.3 Å². The molecule has 0 spiro atoms. The molecule has 1 aliphatic carbocycles. The van der Waals surface area contributed by atoms with Crippen molar-refractivity contribution in [2.45, 2.75) is 24.9 Å². The number of piperidine rings is 1. The first kappa shape index (κ1) is 13.5. The van der Waals surface area contributed by atoms with Gasteiger partial charge in [-0.15, -0.1) is 0 Å². The van der Waals surface area contributed by atoms with Crippen LogP contribution in [0.3, 0.4) is 0 Å². The molecule has 3 rings (SSSR count). The quantitative estimate of drug-likeness (QED) is 0.827. The van der Waals surface area contributed by atoms with Gasteiger partial charge in [-0.3, -0.25) is 0 Å². The van der Waals surface area contributed by atoms with E-state index in [0.717, 1.165) is 18.7 Å². The van der Waals surface area contributed by atoms with E-state index in [4.69, 9.17) is 10.00 Å². The summed E-state index contributed by atoms with van der Waals surface area (Å²) >= 11 is 0. The average molecular weight is 271 g/mol. The molecule has 2 atom stereocenters. The molecule has 1 aliphatic heterocycles. The second-order valence-corrected chi connectivity index (χ2v) is 6.08. The molecule has 4 nitrogen and oxygen atoms in total. The van der Waals surface area contributed by atoms with Gasteiger partial charge in [-0.05, 0) is 37.6 Å². The number of ether oxygens (including phenoxy) is 1. The van der Waals surface area contributed by atoms with Crippen molar-refractivity contribution < 1.29 is 4.74 Å². The third-order valence-corrected chi connectivity index (χ3v) is 5.05. The van der Waals surface area contributed by atoms with Gasteiger partial charge in [0.25, 0.3) is 0 Å². The highest BCUT2D eigenvalue weighted by atomic mass is 16.5. The highest BCUT2D eigenvalue weighted by molar-refractivity contribution is 5.32. The van der Waals surface area contributed by atoms with Gasteiger partial charge in [-0.1, -0.05) is 6.42 Å². The highest BCUT2D eigenvalue weighted by Gasteiger charge is 2.52. The maximum Gasteiger partial charge on any atom is 0.140 e. The Morgan fingerprint density at radius 1 is 1.40 bits per heavy atom. The van der Waals surface area contributed by atoms with E-state index in [1.807, 2.05) is 19.2 Å². The molecular formula is C16H21N3O. The van der Waals surface area contributed by atoms with Crippen molar-refractivity contribution in [2.75, 3.05) is 27.2 Å². The third-order valence-electron chi connectivity index (χ3n) is 5.05. The Bertz CT molecular complexity index is 523. The molecule has 1 aromatic rings. The van der Waals surface area contributed by atoms with Crippen LogP contribution in [-0.4, -0.2) is 37.1 Å². The minimum absolute atomic E-state index is 0.237. The largest absolute Gasteiger partial charge is 0.373 e. The number of hydrogen-bond donors (Lipinski definition) is 0. The molecule has 0 amide bonds. The first-order valence-electron chi connectivity index (χ1n) is 7.31. The molecular weight excluding hydrogens is 250 g/mol. The summed E-state index contributed by atoms with van der Waals surface area (Å²) < 4.78 is 6.12. The molecule has 2 bridgehead atoms. The smallest absolute Gasteiger partial charge is 0.140 e. The summed E-state index contributed by atoms with van der Waals surface area (Å²) in [4.78, 5) is 6.51. The van der Waals surface area contributed by atoms with Crippen LogP contribution in [0.15, 0.2) is 18.3 Å². The van der Waals surface area contributed by atoms with Gasteiger partial charge < -0.3 is 9.64 Å². The lowest BCUT2D eigenvalue weighted by Gasteiger charge is -2.54. The van der Waals surface area contributed by atoms with Crippen molar-refractivity contribution in [1.29, 1.82) is 5.26 Å². The molecule has 106 valence electrons. The van der Waals surface area contributed by atoms with Crippen LogP contribution in [-0.2, 0) is 10.3 Å². The summed E-state index contributed by atoms with van der Waals surface area (Å²) in [5, 5.41) is 9.10. The van der Waals surface area contributed by atoms with Gasteiger partial charge in [0.05, 0.1) is 0 Å². The molecule has 2 unspecified atom stereocenters. The fourth-order valence-electron chi connectivity index (χ4n) is 4.31. The predicted octanol–water partition coefficient (Wildman–Crippen LogP) is 2.16. The van der Waals surface area contributed by atoms with Crippen LogP contribution in [0.4, 0.5) is 0 Å². The fraction of sp³-hybridized carbons (Fsp3) is 0.625. The lowest BCUT2D eigenvalue weighted by molar-refractivity contribution is -0.165. The molecule has 2 heterocycles. The van der Waals surface area contributed by atoms with Crippen LogP contribution in [0.1, 0.15) is 30.5 Å². The highest BCUT2D eigenvalue weighted by Crippen LogP contribution is 2.51. The Morgan fingerprint density at radius 2 is 2.10 bits per heavy atom. The Balaban J connectivity index is 2.08. The normalized spacial score (nSPS) is 33.6. The van der Waals surface area contributed by atoms with Crippen molar-refractivity contribution in [3.05, 3.63) is 29.6 Å². The molecule has 1 saturated heterocycles. The van der Waals surface area contributed by atoms with Gasteiger partial charge in [0.15, 0.2) is 0 Å². The number of hydrogen-bond acceptors (Lipinski definition) is 4. The van der Waals surface area contributed by atoms with Gasteiger partial charge in [-0.2, -0.15) is 5.26 Å². The SMILES string of the molecule is COC1(c2ccnc(C#N)c2)C2CCCC1CN(C)C2. The molecule has 0 aromatic carbocycles. The minimum Gasteiger partial charge on any atom is -0.373 e. The maximum absolute atomic E-state index is 9.10. The number of pyridine rings is 1. The van der Waals surface area contributed by atoms with E-state index in [9.17, 15) is 0 Å². The number of nitrogens with zero attached hydrogens (tertiary/aromatic N) is 3. The van der Waals surface area contributed by atoms with Crippen LogP contribution in [0.25, 0.3) is 0 Å². The first-order valence-corrected chi connectivity index (χ1v) is 7.31. The lowest BCUT2D eigenvalue weighted by Crippen LogP contribution is -2.58. The summed E-state index contributed by atoms with van der Waals surface area (Å²) in [6.45, 7) is 2.13. The average Bonchev–Trinajstić information content (AvgIpc) is 2.46. The molecule has 2 fully saturated rings. The van der Waals surface area contributed by atoms with Crippen LogP contribution in [0.2, 0.25) is 0 Å². The van der Waals surface area contributed by atoms with Crippen LogP contribution in [0.5, 0.6) is 0 Å². The van der Waals surface area contributed by atoms with Gasteiger partial charge in [-0.25, -0.2) is 4.98 Å². The number of methoxy groups -OCH3 is 1. The van der Waals surface area contributed by atoms with E-state index >= 15 is 0 Å². The Labute approximate surface area is 120 Å². The lowest BCUT2D eigenvalue weighted by atomic mass is 9.62. The molecule has 20 heavy (non-hydrogen) atoms. The zero-order chi connectivity index (χ0) is 14.2. The summed E-state index contributed by atoms with van der Waals surface area (Å²) in [5.74, 6) is 0.998. The van der Waals surface area contributed by atoms with Crippen molar-refractivity contribution in [3.8, 4) is 6.07 Å². The molecule has 1 aromatic heterocycles. The number of rotatable bonds is 2. The minimum atomic E-state index is -0.237. The van der Waals surface area contributed by atoms with Crippen LogP contribution in [0, 0.1) is 23.2 Å². The predicted molar refractivity (Wildman–Crippen MR) is 76.0 cm³/mol. The zero-order valence-electron chi connectivity index (χ0n) is 12.2. The van der Waals surface area contributed by atoms with Gasteiger partial charge >= 0.3 is 0 Å². The molecule has 1 saturated carbocycles. The van der Waals surface area contributed by atoms with E-state index in [1.54, 1.807) is 6.20 Å². The number of nitriles is 1. The van der Waals surface area contributed by atoms with Gasteiger partial charge in [0.1, 0.15) is 17.4 Å². The second kappa shape index (κ2) is 5.16. The maximum atomic E-state index is 9.10. The Kier molecular flexibility index (Phi) is 3.49. The number of aromatic nitrogens is 1. The molecule has 2 aliphatic rings. The van der Waals surface area contributed by atoms with E-state index in [0.29, 0.717) is 17.5 Å². The first-order chi connectivity index (χ1) is 9.70. The van der Waals surface area contributed by atoms with Crippen LogP contribution < -0.4 is 0 Å². The Morgan fingerprint density at radius 3 is 2.70 bits per heavy atom. The summed E-state index contributed by atoms with van der Waals surface area (Å²) in [7, 11) is 4.02. The van der Waals surface area contributed by atoms with Gasteiger partial charge in [0.2, 0.25) is 0 Å². The third kappa shape index (κ3) is 1.93. The number of fused-ring (bicyclic) bond motifs is 2. The fourth-order valence-corrected chi connectivity index (χ4v) is 4.31. The van der Waals surface area contributed by atoms with Crippen molar-refractivity contribution in [1.82, 2.24) is 9.88 Å². The van der Waals surface area contributed by atoms with Crippen LogP contribution >= 0.6 is 0 Å². The molecule has 0 radical (unpaired) electrons. The van der Waals surface area contributed by atoms with Crippen molar-refractivity contribution >= 4 is 0 Å².